The number of nitrogens with zero attached hydrogens (tertiary/aromatic N) is 4. The van der Waals surface area contributed by atoms with Crippen molar-refractivity contribution in [1.82, 2.24) is 24.4 Å². The zero-order valence-corrected chi connectivity index (χ0v) is 30.1. The second-order valence-electron chi connectivity index (χ2n) is 13.0. The van der Waals surface area contributed by atoms with E-state index in [-0.39, 0.29) is 53.7 Å². The summed E-state index contributed by atoms with van der Waals surface area (Å²) in [6.45, 7) is 10.4. The lowest BCUT2D eigenvalue weighted by Gasteiger charge is -2.34. The Morgan fingerprint density at radius 1 is 1.08 bits per heavy atom. The largest absolute Gasteiger partial charge is 0.506 e. The molecular weight excluding hydrogens is 653 g/mol. The van der Waals surface area contributed by atoms with Crippen LogP contribution in [-0.2, 0) is 27.8 Å². The lowest BCUT2D eigenvalue weighted by Crippen LogP contribution is -2.57. The van der Waals surface area contributed by atoms with Crippen LogP contribution in [0, 0.1) is 18.8 Å². The maximum atomic E-state index is 14.1. The number of urea groups is 1. The van der Waals surface area contributed by atoms with Crippen LogP contribution in [0.15, 0.2) is 58.8 Å². The number of carbonyl (C=O) groups is 2. The molecule has 3 amide bonds. The molecule has 0 aliphatic carbocycles. The van der Waals surface area contributed by atoms with Crippen LogP contribution < -0.4 is 10.6 Å². The Morgan fingerprint density at radius 2 is 1.79 bits per heavy atom. The number of aliphatic hydroxyl groups excluding tert-OH is 1. The van der Waals surface area contributed by atoms with Crippen LogP contribution in [0.4, 0.5) is 10.5 Å². The van der Waals surface area contributed by atoms with Crippen molar-refractivity contribution in [2.75, 3.05) is 38.5 Å². The van der Waals surface area contributed by atoms with Crippen LogP contribution in [0.5, 0.6) is 5.75 Å². The van der Waals surface area contributed by atoms with E-state index >= 15 is 0 Å². The number of benzene rings is 2. The number of phenolic OH excluding ortho intramolecular Hbond substituents is 1. The van der Waals surface area contributed by atoms with E-state index in [1.807, 2.05) is 70.3 Å². The van der Waals surface area contributed by atoms with Crippen molar-refractivity contribution in [3.05, 3.63) is 70.2 Å². The smallest absolute Gasteiger partial charge is 0.321 e. The number of aromatic nitrogens is 1. The van der Waals surface area contributed by atoms with Crippen LogP contribution in [0.25, 0.3) is 0 Å². The van der Waals surface area contributed by atoms with Gasteiger partial charge in [0.15, 0.2) is 0 Å². The van der Waals surface area contributed by atoms with Gasteiger partial charge in [-0.05, 0) is 48.9 Å². The Hall–Kier alpha value is -3.72. The average Bonchev–Trinajstić information content (AvgIpc) is 3.61. The zero-order valence-electron chi connectivity index (χ0n) is 28.5. The lowest BCUT2D eigenvalue weighted by molar-refractivity contribution is -0.128. The zero-order chi connectivity index (χ0) is 35.2. The van der Waals surface area contributed by atoms with E-state index in [2.05, 4.69) is 15.6 Å². The number of carbonyl (C=O) groups excluding carboxylic acids is 2. The lowest BCUT2D eigenvalue weighted by atomic mass is 9.97. The molecule has 1 fully saturated rings. The quantitative estimate of drug-likeness (QED) is 0.164. The highest BCUT2D eigenvalue weighted by molar-refractivity contribution is 7.89. The summed E-state index contributed by atoms with van der Waals surface area (Å²) in [5.41, 5.74) is 1.91. The van der Waals surface area contributed by atoms with E-state index in [9.17, 15) is 28.2 Å². The molecule has 3 atom stereocenters. The van der Waals surface area contributed by atoms with Crippen molar-refractivity contribution >= 4 is 39.0 Å². The molecule has 4 N–H and O–H groups in total. The van der Waals surface area contributed by atoms with Crippen LogP contribution in [0.1, 0.15) is 44.0 Å². The van der Waals surface area contributed by atoms with Crippen molar-refractivity contribution in [2.24, 2.45) is 11.8 Å². The molecular formula is C34H48N6O6S2. The third-order valence-electron chi connectivity index (χ3n) is 8.31. The predicted octanol–water partition coefficient (Wildman–Crippen LogP) is 3.90. The number of anilines is 1. The van der Waals surface area contributed by atoms with Gasteiger partial charge in [-0.3, -0.25) is 4.79 Å². The summed E-state index contributed by atoms with van der Waals surface area (Å²) in [4.78, 5) is 35.3. The number of nitrogens with one attached hydrogen (secondary N) is 2. The summed E-state index contributed by atoms with van der Waals surface area (Å²) in [6, 6.07) is 11.4. The molecule has 0 unspecified atom stereocenters. The van der Waals surface area contributed by atoms with Crippen molar-refractivity contribution in [3.63, 3.8) is 0 Å². The van der Waals surface area contributed by atoms with E-state index in [4.69, 9.17) is 0 Å². The molecule has 0 radical (unpaired) electrons. The number of thiazole rings is 1. The standard InChI is InChI=1S/C34H48N6O6S2/c1-22(2)18-39(48(45,46)27-12-13-30(41)28(17-27)35-6)20-31(42)29(16-25-10-8-7-9-11-25)37-33(43)32(23(3)4)40-15-14-38(34(40)44)19-26-21-47-24(5)36-26/h7-13,17,21-23,29,31-32,35,41-42H,14-16,18-20H2,1-6H3,(H,37,43)/t29-,31+,32-/m0/s1. The van der Waals surface area contributed by atoms with Crippen LogP contribution in [0.2, 0.25) is 0 Å². The summed E-state index contributed by atoms with van der Waals surface area (Å²) in [5.74, 6) is -0.813. The number of hydrogen-bond donors (Lipinski definition) is 4. The van der Waals surface area contributed by atoms with Crippen LogP contribution in [0.3, 0.4) is 0 Å². The van der Waals surface area contributed by atoms with Crippen molar-refractivity contribution < 1.29 is 28.2 Å². The second kappa shape index (κ2) is 16.1. The van der Waals surface area contributed by atoms with Gasteiger partial charge in [-0.2, -0.15) is 4.31 Å². The first kappa shape index (κ1) is 37.1. The number of hydrogen-bond acceptors (Lipinski definition) is 9. The Labute approximate surface area is 287 Å². The highest BCUT2D eigenvalue weighted by atomic mass is 32.2. The number of phenols is 1. The maximum Gasteiger partial charge on any atom is 0.321 e. The van der Waals surface area contributed by atoms with Crippen LogP contribution >= 0.6 is 11.3 Å². The van der Waals surface area contributed by atoms with Crippen LogP contribution in [-0.4, -0.2) is 101 Å². The molecule has 0 saturated carbocycles. The number of aromatic hydroxyl groups is 1. The van der Waals surface area contributed by atoms with Gasteiger partial charge in [-0.1, -0.05) is 58.0 Å². The van der Waals surface area contributed by atoms with Gasteiger partial charge in [0.25, 0.3) is 0 Å². The molecule has 48 heavy (non-hydrogen) atoms. The van der Waals surface area contributed by atoms with E-state index in [1.165, 1.54) is 33.8 Å². The first-order chi connectivity index (χ1) is 22.7. The minimum Gasteiger partial charge on any atom is -0.506 e. The molecule has 0 spiro atoms. The number of sulfonamides is 1. The van der Waals surface area contributed by atoms with Gasteiger partial charge in [0, 0.05) is 38.6 Å². The van der Waals surface area contributed by atoms with Gasteiger partial charge in [0.05, 0.1) is 40.0 Å². The minimum absolute atomic E-state index is 0.0362. The Balaban J connectivity index is 1.58. The minimum atomic E-state index is -4.11. The first-order valence-corrected chi connectivity index (χ1v) is 18.5. The number of aryl methyl sites for hydroxylation is 1. The number of aliphatic hydroxyl groups is 1. The molecule has 262 valence electrons. The Morgan fingerprint density at radius 3 is 2.40 bits per heavy atom. The maximum absolute atomic E-state index is 14.1. The molecule has 2 aromatic carbocycles. The van der Waals surface area contributed by atoms with Gasteiger partial charge in [-0.25, -0.2) is 18.2 Å². The molecule has 2 heterocycles. The van der Waals surface area contributed by atoms with Crippen molar-refractivity contribution in [3.8, 4) is 5.75 Å². The van der Waals surface area contributed by atoms with E-state index < -0.39 is 34.1 Å². The summed E-state index contributed by atoms with van der Waals surface area (Å²) in [6.07, 6.45) is -1.06. The van der Waals surface area contributed by atoms with Gasteiger partial charge in [0.1, 0.15) is 11.8 Å². The molecule has 0 bridgehead atoms. The normalized spacial score (nSPS) is 15.8. The van der Waals surface area contributed by atoms with E-state index in [0.29, 0.717) is 19.6 Å². The highest BCUT2D eigenvalue weighted by Gasteiger charge is 2.40. The van der Waals surface area contributed by atoms with Gasteiger partial charge < -0.3 is 30.6 Å². The van der Waals surface area contributed by atoms with E-state index in [0.717, 1.165) is 16.3 Å². The van der Waals surface area contributed by atoms with Gasteiger partial charge >= 0.3 is 6.03 Å². The molecule has 14 heteroatoms. The molecule has 3 aromatic rings. The second-order valence-corrected chi connectivity index (χ2v) is 16.0. The topological polar surface area (TPSA) is 155 Å². The Bertz CT molecular complexity index is 1650. The summed E-state index contributed by atoms with van der Waals surface area (Å²) >= 11 is 1.52. The average molecular weight is 701 g/mol. The Kier molecular flexibility index (Phi) is 12.5. The van der Waals surface area contributed by atoms with Crippen molar-refractivity contribution in [1.29, 1.82) is 0 Å². The van der Waals surface area contributed by atoms with Gasteiger partial charge in [0.2, 0.25) is 15.9 Å². The summed E-state index contributed by atoms with van der Waals surface area (Å²) in [7, 11) is -2.53. The molecule has 12 nitrogen and oxygen atoms in total. The molecule has 4 rings (SSSR count). The third kappa shape index (κ3) is 9.04. The molecule has 1 aliphatic heterocycles. The summed E-state index contributed by atoms with van der Waals surface area (Å²) < 4.78 is 29.1. The third-order valence-corrected chi connectivity index (χ3v) is 11.0. The monoisotopic (exact) mass is 700 g/mol. The molecule has 1 aliphatic rings. The van der Waals surface area contributed by atoms with Crippen molar-refractivity contribution in [2.45, 2.75) is 70.7 Å². The van der Waals surface area contributed by atoms with E-state index in [1.54, 1.807) is 16.8 Å². The number of rotatable bonds is 16. The first-order valence-electron chi connectivity index (χ1n) is 16.2. The fourth-order valence-electron chi connectivity index (χ4n) is 5.94. The molecule has 1 saturated heterocycles. The SMILES string of the molecule is CNc1cc(S(=O)(=O)N(CC(C)C)C[C@@H](O)[C@H](Cc2ccccc2)NC(=O)[C@H](C(C)C)N2CCN(Cc3csc(C)n3)C2=O)ccc1O. The highest BCUT2D eigenvalue weighted by Crippen LogP contribution is 2.28. The number of amides is 3. The van der Waals surface area contributed by atoms with Gasteiger partial charge in [-0.15, -0.1) is 11.3 Å². The molecule has 1 aromatic heterocycles. The fourth-order valence-corrected chi connectivity index (χ4v) is 8.20. The fraction of sp³-hybridized carbons (Fsp3) is 0.500. The predicted molar refractivity (Wildman–Crippen MR) is 187 cm³/mol. The summed E-state index contributed by atoms with van der Waals surface area (Å²) in [5, 5.41) is 30.5.